The number of hydrogen-bond donors (Lipinski definition) is 0. The molecular weight excluding hydrogens is 592 g/mol. The minimum atomic E-state index is -0.0607. The molecule has 0 fully saturated rings. The Balaban J connectivity index is 1.39. The molecule has 0 amide bonds. The van der Waals surface area contributed by atoms with Gasteiger partial charge in [-0.25, -0.2) is 0 Å². The molecule has 1 aliphatic rings. The fraction of sp³-hybridized carbons (Fsp3) is 0.0857. The Bertz CT molecular complexity index is 1790. The van der Waals surface area contributed by atoms with Gasteiger partial charge in [-0.3, -0.25) is 0 Å². The van der Waals surface area contributed by atoms with Crippen molar-refractivity contribution in [2.75, 3.05) is 9.80 Å². The predicted octanol–water partition coefficient (Wildman–Crippen LogP) is 11.8. The van der Waals surface area contributed by atoms with Gasteiger partial charge in [-0.15, -0.1) is 22.7 Å². The number of thiophene rings is 2. The van der Waals surface area contributed by atoms with Gasteiger partial charge >= 0.3 is 0 Å². The van der Waals surface area contributed by atoms with Crippen LogP contribution >= 0.6 is 38.6 Å². The number of benzene rings is 4. The second-order valence-corrected chi connectivity index (χ2v) is 13.2. The molecule has 1 aliphatic carbocycles. The van der Waals surface area contributed by atoms with Gasteiger partial charge in [0, 0.05) is 21.3 Å². The van der Waals surface area contributed by atoms with E-state index in [2.05, 4.69) is 166 Å². The summed E-state index contributed by atoms with van der Waals surface area (Å²) in [6.07, 6.45) is 0. The van der Waals surface area contributed by atoms with E-state index >= 15 is 0 Å². The monoisotopic (exact) mass is 618 g/mol. The summed E-state index contributed by atoms with van der Waals surface area (Å²) in [7, 11) is 0. The van der Waals surface area contributed by atoms with Crippen LogP contribution in [0.5, 0.6) is 0 Å². The summed E-state index contributed by atoms with van der Waals surface area (Å²) < 4.78 is 1.04. The Hall–Kier alpha value is -3.64. The first-order valence-electron chi connectivity index (χ1n) is 13.3. The van der Waals surface area contributed by atoms with Crippen LogP contribution in [0.4, 0.5) is 32.8 Å². The van der Waals surface area contributed by atoms with Crippen LogP contribution in [0, 0.1) is 0 Å². The number of anilines is 6. The van der Waals surface area contributed by atoms with E-state index in [0.29, 0.717) is 0 Å². The van der Waals surface area contributed by atoms with E-state index in [1.54, 1.807) is 22.7 Å². The van der Waals surface area contributed by atoms with Crippen LogP contribution in [0.25, 0.3) is 11.1 Å². The summed E-state index contributed by atoms with van der Waals surface area (Å²) in [6, 6.07) is 41.7. The van der Waals surface area contributed by atoms with Crippen LogP contribution in [0.1, 0.15) is 25.0 Å². The molecule has 2 nitrogen and oxygen atoms in total. The van der Waals surface area contributed by atoms with Crippen LogP contribution in [0.3, 0.4) is 0 Å². The highest BCUT2D eigenvalue weighted by atomic mass is 79.9. The molecule has 0 saturated carbocycles. The number of para-hydroxylation sites is 1. The summed E-state index contributed by atoms with van der Waals surface area (Å²) in [5.41, 5.74) is 9.88. The highest BCUT2D eigenvalue weighted by Crippen LogP contribution is 2.51. The molecule has 6 aromatic rings. The summed E-state index contributed by atoms with van der Waals surface area (Å²) in [6.45, 7) is 4.68. The quantitative estimate of drug-likeness (QED) is 0.183. The molecule has 0 unspecified atom stereocenters. The zero-order chi connectivity index (χ0) is 27.3. The Morgan fingerprint density at radius 2 is 1.12 bits per heavy atom. The fourth-order valence-electron chi connectivity index (χ4n) is 5.83. The number of rotatable bonds is 6. The van der Waals surface area contributed by atoms with Gasteiger partial charge in [0.2, 0.25) is 0 Å². The highest BCUT2D eigenvalue weighted by molar-refractivity contribution is 9.10. The zero-order valence-corrected chi connectivity index (χ0v) is 25.4. The lowest BCUT2D eigenvalue weighted by Gasteiger charge is -2.29. The van der Waals surface area contributed by atoms with E-state index in [1.165, 1.54) is 32.3 Å². The standard InChI is InChI=1S/C35H27BrN2S2/c1-35(2)31-13-7-6-12-29(31)30-17-16-26(23-32(30)35)38(34-15-9-19-40-34)28-21-24(36)20-27(22-28)37(33-14-8-18-39-33)25-10-4-3-5-11-25/h3-23H,1-2H3. The first-order chi connectivity index (χ1) is 19.5. The summed E-state index contributed by atoms with van der Waals surface area (Å²) in [5, 5.41) is 6.64. The van der Waals surface area contributed by atoms with Crippen LogP contribution in [-0.4, -0.2) is 0 Å². The van der Waals surface area contributed by atoms with E-state index in [4.69, 9.17) is 0 Å². The van der Waals surface area contributed by atoms with Gasteiger partial charge in [-0.1, -0.05) is 78.3 Å². The van der Waals surface area contributed by atoms with E-state index in [9.17, 15) is 0 Å². The third-order valence-electron chi connectivity index (χ3n) is 7.68. The van der Waals surface area contributed by atoms with Crippen molar-refractivity contribution in [1.29, 1.82) is 0 Å². The van der Waals surface area contributed by atoms with Crippen molar-refractivity contribution in [2.24, 2.45) is 0 Å². The van der Waals surface area contributed by atoms with Crippen molar-refractivity contribution in [3.8, 4) is 11.1 Å². The van der Waals surface area contributed by atoms with Crippen LogP contribution in [0.15, 0.2) is 130 Å². The van der Waals surface area contributed by atoms with E-state index in [0.717, 1.165) is 27.2 Å². The summed E-state index contributed by atoms with van der Waals surface area (Å²) >= 11 is 7.36. The average Bonchev–Trinajstić information content (AvgIpc) is 3.73. The predicted molar refractivity (Wildman–Crippen MR) is 177 cm³/mol. The molecule has 0 bridgehead atoms. The molecule has 0 atom stereocenters. The van der Waals surface area contributed by atoms with E-state index < -0.39 is 0 Å². The second kappa shape index (κ2) is 10.1. The number of nitrogens with zero attached hydrogens (tertiary/aromatic N) is 2. The summed E-state index contributed by atoms with van der Waals surface area (Å²) in [5.74, 6) is 0. The van der Waals surface area contributed by atoms with Gasteiger partial charge < -0.3 is 9.80 Å². The van der Waals surface area contributed by atoms with Crippen molar-refractivity contribution in [2.45, 2.75) is 19.3 Å². The minimum Gasteiger partial charge on any atom is -0.302 e. The SMILES string of the molecule is CC1(C)c2ccccc2-c2ccc(N(c3cc(Br)cc(N(c4ccccc4)c4cccs4)c3)c3cccs3)cc21. The van der Waals surface area contributed by atoms with Crippen molar-refractivity contribution in [3.05, 3.63) is 142 Å². The second-order valence-electron chi connectivity index (χ2n) is 10.5. The Morgan fingerprint density at radius 3 is 1.77 bits per heavy atom. The van der Waals surface area contributed by atoms with Crippen LogP contribution in [0.2, 0.25) is 0 Å². The smallest absolute Gasteiger partial charge is 0.0999 e. The van der Waals surface area contributed by atoms with Gasteiger partial charge in [0.05, 0.1) is 21.4 Å². The van der Waals surface area contributed by atoms with E-state index in [1.807, 2.05) is 0 Å². The third kappa shape index (κ3) is 4.29. The number of hydrogen-bond acceptors (Lipinski definition) is 4. The minimum absolute atomic E-state index is 0.0607. The lowest BCUT2D eigenvalue weighted by molar-refractivity contribution is 0.660. The molecule has 2 heterocycles. The van der Waals surface area contributed by atoms with Crippen molar-refractivity contribution in [1.82, 2.24) is 0 Å². The third-order valence-corrected chi connectivity index (χ3v) is 9.84. The maximum atomic E-state index is 3.86. The lowest BCUT2D eigenvalue weighted by atomic mass is 9.82. The van der Waals surface area contributed by atoms with E-state index in [-0.39, 0.29) is 5.41 Å². The topological polar surface area (TPSA) is 6.48 Å². The molecule has 0 N–H and O–H groups in total. The van der Waals surface area contributed by atoms with Gasteiger partial charge in [0.15, 0.2) is 0 Å². The first-order valence-corrected chi connectivity index (χ1v) is 15.8. The first kappa shape index (κ1) is 25.3. The molecular formula is C35H27BrN2S2. The normalized spacial score (nSPS) is 13.1. The van der Waals surface area contributed by atoms with Crippen molar-refractivity contribution in [3.63, 3.8) is 0 Å². The summed E-state index contributed by atoms with van der Waals surface area (Å²) in [4.78, 5) is 4.71. The van der Waals surface area contributed by atoms with Crippen LogP contribution < -0.4 is 9.80 Å². The molecule has 0 spiro atoms. The molecule has 0 aliphatic heterocycles. The molecule has 0 radical (unpaired) electrons. The fourth-order valence-corrected chi connectivity index (χ4v) is 7.84. The Morgan fingerprint density at radius 1 is 0.525 bits per heavy atom. The largest absolute Gasteiger partial charge is 0.302 e. The number of halogens is 1. The molecule has 2 aromatic heterocycles. The van der Waals surface area contributed by atoms with Crippen molar-refractivity contribution >= 4 is 71.4 Å². The van der Waals surface area contributed by atoms with Gasteiger partial charge in [0.25, 0.3) is 0 Å². The van der Waals surface area contributed by atoms with Crippen molar-refractivity contribution < 1.29 is 0 Å². The molecule has 5 heteroatoms. The van der Waals surface area contributed by atoms with Gasteiger partial charge in [-0.05, 0) is 99.7 Å². The highest BCUT2D eigenvalue weighted by Gasteiger charge is 2.35. The molecule has 7 rings (SSSR count). The van der Waals surface area contributed by atoms with Gasteiger partial charge in [0.1, 0.15) is 0 Å². The molecule has 40 heavy (non-hydrogen) atoms. The molecule has 196 valence electrons. The maximum Gasteiger partial charge on any atom is 0.0999 e. The number of fused-ring (bicyclic) bond motifs is 3. The maximum absolute atomic E-state index is 3.86. The molecule has 4 aromatic carbocycles. The average molecular weight is 620 g/mol. The zero-order valence-electron chi connectivity index (χ0n) is 22.2. The van der Waals surface area contributed by atoms with Crippen LogP contribution in [-0.2, 0) is 5.41 Å². The Kier molecular flexibility index (Phi) is 6.38. The Labute approximate surface area is 251 Å². The lowest BCUT2D eigenvalue weighted by Crippen LogP contribution is -2.16. The van der Waals surface area contributed by atoms with Gasteiger partial charge in [-0.2, -0.15) is 0 Å². The molecule has 0 saturated heterocycles.